The van der Waals surface area contributed by atoms with Crippen LogP contribution in [0.4, 0.5) is 0 Å². The standard InChI is InChI=1S/C21H37N5O2.HI/c1-22-21(23-9-4-14-28-16-15-27-3)24-17-19-5-7-20(8-6-19)18-26-12-10-25(2)11-13-26;/h5-8H,4,9-18H2,1-3H3,(H2,22,23,24);1H. The van der Waals surface area contributed by atoms with Gasteiger partial charge in [-0.1, -0.05) is 24.3 Å². The van der Waals surface area contributed by atoms with Crippen LogP contribution >= 0.6 is 24.0 Å². The second-order valence-corrected chi connectivity index (χ2v) is 7.21. The van der Waals surface area contributed by atoms with E-state index < -0.39 is 0 Å². The largest absolute Gasteiger partial charge is 0.382 e. The number of methoxy groups -OCH3 is 1. The molecule has 29 heavy (non-hydrogen) atoms. The maximum atomic E-state index is 5.46. The zero-order valence-corrected chi connectivity index (χ0v) is 20.5. The Morgan fingerprint density at radius 1 is 1.00 bits per heavy atom. The number of nitrogens with one attached hydrogen (secondary N) is 2. The molecule has 0 unspecified atom stereocenters. The van der Waals surface area contributed by atoms with Gasteiger partial charge in [0.25, 0.3) is 0 Å². The molecule has 2 rings (SSSR count). The highest BCUT2D eigenvalue weighted by Crippen LogP contribution is 2.09. The summed E-state index contributed by atoms with van der Waals surface area (Å²) < 4.78 is 10.4. The van der Waals surface area contributed by atoms with Gasteiger partial charge in [0.2, 0.25) is 0 Å². The van der Waals surface area contributed by atoms with E-state index in [1.54, 1.807) is 14.2 Å². The van der Waals surface area contributed by atoms with Gasteiger partial charge in [0.15, 0.2) is 5.96 Å². The number of hydrogen-bond acceptors (Lipinski definition) is 5. The SMILES string of the molecule is CN=C(NCCCOCCOC)NCc1ccc(CN2CCN(C)CC2)cc1.I. The van der Waals surface area contributed by atoms with Crippen LogP contribution in [0.25, 0.3) is 0 Å². The minimum atomic E-state index is 0. The molecule has 166 valence electrons. The summed E-state index contributed by atoms with van der Waals surface area (Å²) >= 11 is 0. The van der Waals surface area contributed by atoms with Crippen LogP contribution in [-0.2, 0) is 22.6 Å². The normalized spacial score (nSPS) is 15.8. The molecule has 2 N–H and O–H groups in total. The minimum absolute atomic E-state index is 0. The lowest BCUT2D eigenvalue weighted by Crippen LogP contribution is -2.43. The van der Waals surface area contributed by atoms with Crippen molar-refractivity contribution in [2.45, 2.75) is 19.5 Å². The average Bonchev–Trinajstić information content (AvgIpc) is 2.72. The van der Waals surface area contributed by atoms with Crippen molar-refractivity contribution in [3.8, 4) is 0 Å². The lowest BCUT2D eigenvalue weighted by Gasteiger charge is -2.32. The first-order chi connectivity index (χ1) is 13.7. The molecular weight excluding hydrogens is 481 g/mol. The fourth-order valence-electron chi connectivity index (χ4n) is 3.06. The van der Waals surface area contributed by atoms with Gasteiger partial charge in [-0.25, -0.2) is 0 Å². The van der Waals surface area contributed by atoms with Crippen LogP contribution < -0.4 is 10.6 Å². The molecule has 0 saturated carbocycles. The predicted octanol–water partition coefficient (Wildman–Crippen LogP) is 1.77. The molecule has 0 amide bonds. The first-order valence-electron chi connectivity index (χ1n) is 10.2. The van der Waals surface area contributed by atoms with E-state index in [0.29, 0.717) is 13.2 Å². The van der Waals surface area contributed by atoms with Crippen molar-refractivity contribution in [1.29, 1.82) is 0 Å². The van der Waals surface area contributed by atoms with Gasteiger partial charge in [-0.3, -0.25) is 9.89 Å². The molecule has 0 spiro atoms. The van der Waals surface area contributed by atoms with E-state index in [1.807, 2.05) is 0 Å². The van der Waals surface area contributed by atoms with Gasteiger partial charge in [-0.2, -0.15) is 0 Å². The smallest absolute Gasteiger partial charge is 0.191 e. The molecule has 1 aromatic rings. The van der Waals surface area contributed by atoms with E-state index in [0.717, 1.165) is 64.8 Å². The van der Waals surface area contributed by atoms with Crippen molar-refractivity contribution in [2.75, 3.05) is 73.7 Å². The Labute approximate surface area is 193 Å². The van der Waals surface area contributed by atoms with Gasteiger partial charge in [-0.15, -0.1) is 24.0 Å². The molecule has 8 heteroatoms. The lowest BCUT2D eigenvalue weighted by molar-refractivity contribution is 0.0698. The van der Waals surface area contributed by atoms with E-state index in [1.165, 1.54) is 11.1 Å². The molecule has 0 bridgehead atoms. The summed E-state index contributed by atoms with van der Waals surface area (Å²) in [4.78, 5) is 9.19. The van der Waals surface area contributed by atoms with E-state index in [2.05, 4.69) is 56.7 Å². The van der Waals surface area contributed by atoms with Crippen LogP contribution in [0, 0.1) is 0 Å². The number of piperazine rings is 1. The first-order valence-corrected chi connectivity index (χ1v) is 10.2. The number of benzene rings is 1. The molecular formula is C21H38IN5O2. The Hall–Kier alpha value is -0.940. The number of guanidine groups is 1. The van der Waals surface area contributed by atoms with Gasteiger partial charge < -0.3 is 25.0 Å². The second kappa shape index (κ2) is 15.8. The maximum Gasteiger partial charge on any atom is 0.191 e. The third-order valence-electron chi connectivity index (χ3n) is 4.90. The van der Waals surface area contributed by atoms with Gasteiger partial charge >= 0.3 is 0 Å². The monoisotopic (exact) mass is 519 g/mol. The molecule has 1 heterocycles. The first kappa shape index (κ1) is 26.1. The van der Waals surface area contributed by atoms with E-state index >= 15 is 0 Å². The van der Waals surface area contributed by atoms with Gasteiger partial charge in [-0.05, 0) is 24.6 Å². The van der Waals surface area contributed by atoms with Crippen molar-refractivity contribution >= 4 is 29.9 Å². The Balaban J connectivity index is 0.00000420. The topological polar surface area (TPSA) is 61.4 Å². The summed E-state index contributed by atoms with van der Waals surface area (Å²) in [7, 11) is 5.67. The average molecular weight is 519 g/mol. The van der Waals surface area contributed by atoms with Crippen LogP contribution in [-0.4, -0.2) is 89.5 Å². The second-order valence-electron chi connectivity index (χ2n) is 7.21. The summed E-state index contributed by atoms with van der Waals surface area (Å²) in [5.74, 6) is 0.818. The summed E-state index contributed by atoms with van der Waals surface area (Å²) in [6.45, 7) is 9.27. The van der Waals surface area contributed by atoms with Crippen molar-refractivity contribution in [3.05, 3.63) is 35.4 Å². The fourth-order valence-corrected chi connectivity index (χ4v) is 3.06. The number of halogens is 1. The zero-order chi connectivity index (χ0) is 20.0. The predicted molar refractivity (Wildman–Crippen MR) is 130 cm³/mol. The van der Waals surface area contributed by atoms with Crippen molar-refractivity contribution in [3.63, 3.8) is 0 Å². The highest BCUT2D eigenvalue weighted by molar-refractivity contribution is 14.0. The molecule has 0 radical (unpaired) electrons. The molecule has 1 aromatic carbocycles. The van der Waals surface area contributed by atoms with Gasteiger partial charge in [0.05, 0.1) is 13.2 Å². The fraction of sp³-hybridized carbons (Fsp3) is 0.667. The third kappa shape index (κ3) is 11.1. The molecule has 1 aliphatic heterocycles. The minimum Gasteiger partial charge on any atom is -0.382 e. The highest BCUT2D eigenvalue weighted by atomic mass is 127. The maximum absolute atomic E-state index is 5.46. The van der Waals surface area contributed by atoms with E-state index in [9.17, 15) is 0 Å². The summed E-state index contributed by atoms with van der Waals surface area (Å²) in [5.41, 5.74) is 2.64. The Morgan fingerprint density at radius 2 is 1.69 bits per heavy atom. The van der Waals surface area contributed by atoms with Crippen molar-refractivity contribution < 1.29 is 9.47 Å². The van der Waals surface area contributed by atoms with E-state index in [-0.39, 0.29) is 24.0 Å². The van der Waals surface area contributed by atoms with Crippen LogP contribution in [0.2, 0.25) is 0 Å². The van der Waals surface area contributed by atoms with Crippen LogP contribution in [0.1, 0.15) is 17.5 Å². The van der Waals surface area contributed by atoms with Crippen molar-refractivity contribution in [1.82, 2.24) is 20.4 Å². The van der Waals surface area contributed by atoms with Crippen LogP contribution in [0.15, 0.2) is 29.3 Å². The summed E-state index contributed by atoms with van der Waals surface area (Å²) in [6, 6.07) is 8.89. The van der Waals surface area contributed by atoms with Gasteiger partial charge in [0, 0.05) is 66.6 Å². The van der Waals surface area contributed by atoms with Crippen LogP contribution in [0.3, 0.4) is 0 Å². The number of hydrogen-bond donors (Lipinski definition) is 2. The number of likely N-dealkylation sites (N-methyl/N-ethyl adjacent to an activating group) is 1. The Kier molecular flexibility index (Phi) is 14.3. The number of nitrogens with zero attached hydrogens (tertiary/aromatic N) is 3. The number of ether oxygens (including phenoxy) is 2. The third-order valence-corrected chi connectivity index (χ3v) is 4.90. The number of aliphatic imine (C=N–C) groups is 1. The quantitative estimate of drug-likeness (QED) is 0.201. The molecule has 1 aliphatic rings. The van der Waals surface area contributed by atoms with Crippen molar-refractivity contribution in [2.24, 2.45) is 4.99 Å². The Bertz CT molecular complexity index is 563. The zero-order valence-electron chi connectivity index (χ0n) is 18.2. The molecule has 0 aromatic heterocycles. The Morgan fingerprint density at radius 3 is 2.34 bits per heavy atom. The van der Waals surface area contributed by atoms with Gasteiger partial charge in [0.1, 0.15) is 0 Å². The summed E-state index contributed by atoms with van der Waals surface area (Å²) in [5, 5.41) is 6.68. The lowest BCUT2D eigenvalue weighted by atomic mass is 10.1. The molecule has 0 aliphatic carbocycles. The highest BCUT2D eigenvalue weighted by Gasteiger charge is 2.13. The van der Waals surface area contributed by atoms with E-state index in [4.69, 9.17) is 9.47 Å². The molecule has 0 atom stereocenters. The molecule has 7 nitrogen and oxygen atoms in total. The molecule has 1 saturated heterocycles. The van der Waals surface area contributed by atoms with Crippen LogP contribution in [0.5, 0.6) is 0 Å². The number of rotatable bonds is 11. The molecule has 1 fully saturated rings. The summed E-state index contributed by atoms with van der Waals surface area (Å²) in [6.07, 6.45) is 0.936.